The molecule has 8 nitrogen and oxygen atoms in total. The smallest absolute Gasteiger partial charge is 0.378 e. The summed E-state index contributed by atoms with van der Waals surface area (Å²) in [6.45, 7) is 0. The van der Waals surface area contributed by atoms with Gasteiger partial charge in [0.15, 0.2) is 0 Å². The molecule has 0 fully saturated rings. The standard InChI is InChI=1S/C5H4N4O4/c6-5-4(9(12)13)3(8(10)11)1-2-7-5/h1-2H,(H2,6,7). The molecule has 68 valence electrons. The zero-order valence-electron chi connectivity index (χ0n) is 6.21. The van der Waals surface area contributed by atoms with E-state index < -0.39 is 27.0 Å². The van der Waals surface area contributed by atoms with E-state index in [1.807, 2.05) is 0 Å². The van der Waals surface area contributed by atoms with E-state index in [4.69, 9.17) is 5.73 Å². The number of anilines is 1. The lowest BCUT2D eigenvalue weighted by atomic mass is 10.3. The Morgan fingerprint density at radius 3 is 2.31 bits per heavy atom. The summed E-state index contributed by atoms with van der Waals surface area (Å²) >= 11 is 0. The number of hydrogen-bond donors (Lipinski definition) is 1. The van der Waals surface area contributed by atoms with Gasteiger partial charge in [-0.3, -0.25) is 20.2 Å². The number of aromatic nitrogens is 1. The van der Waals surface area contributed by atoms with Crippen molar-refractivity contribution >= 4 is 17.2 Å². The lowest BCUT2D eigenvalue weighted by Crippen LogP contribution is -2.02. The van der Waals surface area contributed by atoms with Gasteiger partial charge in [-0.1, -0.05) is 0 Å². The lowest BCUT2D eigenvalue weighted by molar-refractivity contribution is -0.422. The van der Waals surface area contributed by atoms with E-state index in [-0.39, 0.29) is 0 Å². The molecule has 0 bridgehead atoms. The highest BCUT2D eigenvalue weighted by molar-refractivity contribution is 5.64. The molecular formula is C5H4N4O4. The van der Waals surface area contributed by atoms with Crippen LogP contribution in [0.1, 0.15) is 0 Å². The van der Waals surface area contributed by atoms with Crippen LogP contribution in [0.4, 0.5) is 17.2 Å². The Morgan fingerprint density at radius 1 is 1.31 bits per heavy atom. The van der Waals surface area contributed by atoms with E-state index in [0.29, 0.717) is 0 Å². The zero-order chi connectivity index (χ0) is 10.0. The fourth-order valence-electron chi connectivity index (χ4n) is 0.794. The van der Waals surface area contributed by atoms with Gasteiger partial charge in [-0.15, -0.1) is 0 Å². The van der Waals surface area contributed by atoms with Crippen LogP contribution in [0.25, 0.3) is 0 Å². The van der Waals surface area contributed by atoms with Crippen LogP contribution in [0, 0.1) is 20.2 Å². The van der Waals surface area contributed by atoms with E-state index in [9.17, 15) is 20.2 Å². The summed E-state index contributed by atoms with van der Waals surface area (Å²) in [7, 11) is 0. The van der Waals surface area contributed by atoms with Gasteiger partial charge >= 0.3 is 11.4 Å². The molecular weight excluding hydrogens is 180 g/mol. The van der Waals surface area contributed by atoms with Gasteiger partial charge in [-0.2, -0.15) is 0 Å². The summed E-state index contributed by atoms with van der Waals surface area (Å²) < 4.78 is 0. The Morgan fingerprint density at radius 2 is 1.92 bits per heavy atom. The number of nitrogens with zero attached hydrogens (tertiary/aromatic N) is 3. The van der Waals surface area contributed by atoms with Crippen LogP contribution in [-0.4, -0.2) is 14.8 Å². The van der Waals surface area contributed by atoms with Crippen LogP contribution in [0.2, 0.25) is 0 Å². The molecule has 0 unspecified atom stereocenters. The minimum atomic E-state index is -0.930. The van der Waals surface area contributed by atoms with Gasteiger partial charge in [-0.05, 0) is 0 Å². The summed E-state index contributed by atoms with van der Waals surface area (Å²) in [4.78, 5) is 22.2. The number of hydrogen-bond acceptors (Lipinski definition) is 6. The summed E-state index contributed by atoms with van der Waals surface area (Å²) in [6, 6.07) is 0.925. The first-order valence-corrected chi connectivity index (χ1v) is 3.07. The van der Waals surface area contributed by atoms with Gasteiger partial charge in [0, 0.05) is 12.3 Å². The van der Waals surface area contributed by atoms with E-state index in [2.05, 4.69) is 4.98 Å². The van der Waals surface area contributed by atoms with Crippen LogP contribution in [-0.2, 0) is 0 Å². The molecule has 0 spiro atoms. The van der Waals surface area contributed by atoms with Gasteiger partial charge in [0.25, 0.3) is 0 Å². The van der Waals surface area contributed by atoms with Crippen molar-refractivity contribution in [3.63, 3.8) is 0 Å². The first-order valence-electron chi connectivity index (χ1n) is 3.07. The molecule has 0 aliphatic rings. The lowest BCUT2D eigenvalue weighted by Gasteiger charge is -1.95. The molecule has 0 aliphatic heterocycles. The summed E-state index contributed by atoms with van der Waals surface area (Å²) in [6.07, 6.45) is 1.04. The molecule has 0 atom stereocenters. The molecule has 0 aliphatic carbocycles. The number of nitrogens with two attached hydrogens (primary N) is 1. The van der Waals surface area contributed by atoms with Crippen molar-refractivity contribution < 1.29 is 9.85 Å². The maximum absolute atomic E-state index is 10.3. The van der Waals surface area contributed by atoms with Gasteiger partial charge in [0.1, 0.15) is 0 Å². The third kappa shape index (κ3) is 1.50. The maximum atomic E-state index is 10.3. The molecule has 0 saturated carbocycles. The van der Waals surface area contributed by atoms with Crippen molar-refractivity contribution in [3.8, 4) is 0 Å². The van der Waals surface area contributed by atoms with E-state index in [1.165, 1.54) is 0 Å². The molecule has 13 heavy (non-hydrogen) atoms. The Kier molecular flexibility index (Phi) is 2.05. The average Bonchev–Trinajstić information content (AvgIpc) is 2.02. The van der Waals surface area contributed by atoms with E-state index in [1.54, 1.807) is 0 Å². The Hall–Kier alpha value is -2.25. The maximum Gasteiger partial charge on any atom is 0.387 e. The van der Waals surface area contributed by atoms with Crippen molar-refractivity contribution in [1.82, 2.24) is 4.98 Å². The highest BCUT2D eigenvalue weighted by Gasteiger charge is 2.27. The second kappa shape index (κ2) is 3.01. The SMILES string of the molecule is Nc1nccc([N+](=O)[O-])c1[N+](=O)[O-]. The van der Waals surface area contributed by atoms with E-state index in [0.717, 1.165) is 12.3 Å². The second-order valence-electron chi connectivity index (χ2n) is 2.08. The Labute approximate surface area is 71.3 Å². The largest absolute Gasteiger partial charge is 0.387 e. The van der Waals surface area contributed by atoms with Gasteiger partial charge in [0.2, 0.25) is 5.82 Å². The summed E-state index contributed by atoms with van der Waals surface area (Å²) in [5.41, 5.74) is 3.68. The predicted molar refractivity (Wildman–Crippen MR) is 42.0 cm³/mol. The van der Waals surface area contributed by atoms with Gasteiger partial charge < -0.3 is 5.73 Å². The molecule has 1 aromatic rings. The quantitative estimate of drug-likeness (QED) is 0.526. The fourth-order valence-corrected chi connectivity index (χ4v) is 0.794. The van der Waals surface area contributed by atoms with Crippen molar-refractivity contribution in [1.29, 1.82) is 0 Å². The molecule has 1 aromatic heterocycles. The molecule has 2 N–H and O–H groups in total. The minimum Gasteiger partial charge on any atom is -0.378 e. The molecule has 1 heterocycles. The first-order chi connectivity index (χ1) is 6.04. The van der Waals surface area contributed by atoms with Crippen LogP contribution in [0.3, 0.4) is 0 Å². The van der Waals surface area contributed by atoms with Gasteiger partial charge in [0.05, 0.1) is 9.85 Å². The van der Waals surface area contributed by atoms with Crippen molar-refractivity contribution in [2.75, 3.05) is 5.73 Å². The third-order valence-electron chi connectivity index (χ3n) is 1.31. The number of rotatable bonds is 2. The molecule has 0 saturated heterocycles. The highest BCUT2D eigenvalue weighted by atomic mass is 16.6. The van der Waals surface area contributed by atoms with Crippen molar-refractivity contribution in [2.45, 2.75) is 0 Å². The third-order valence-corrected chi connectivity index (χ3v) is 1.31. The monoisotopic (exact) mass is 184 g/mol. The number of nitro groups is 2. The molecule has 0 amide bonds. The summed E-state index contributed by atoms with van der Waals surface area (Å²) in [5.74, 6) is -0.459. The average molecular weight is 184 g/mol. The Bertz CT molecular complexity index is 377. The van der Waals surface area contributed by atoms with E-state index >= 15 is 0 Å². The molecule has 1 rings (SSSR count). The predicted octanol–water partition coefficient (Wildman–Crippen LogP) is 0.480. The van der Waals surface area contributed by atoms with Crippen LogP contribution in [0.15, 0.2) is 12.3 Å². The molecule has 0 aromatic carbocycles. The second-order valence-corrected chi connectivity index (χ2v) is 2.08. The topological polar surface area (TPSA) is 125 Å². The first kappa shape index (κ1) is 8.84. The van der Waals surface area contributed by atoms with Crippen molar-refractivity contribution in [3.05, 3.63) is 32.5 Å². The fraction of sp³-hybridized carbons (Fsp3) is 0. The number of nitrogen functional groups attached to an aromatic ring is 1. The normalized spacial score (nSPS) is 9.54. The van der Waals surface area contributed by atoms with Crippen LogP contribution < -0.4 is 5.73 Å². The highest BCUT2D eigenvalue weighted by Crippen LogP contribution is 2.29. The van der Waals surface area contributed by atoms with Crippen LogP contribution in [0.5, 0.6) is 0 Å². The molecule has 8 heteroatoms. The van der Waals surface area contributed by atoms with Crippen LogP contribution >= 0.6 is 0 Å². The molecule has 0 radical (unpaired) electrons. The summed E-state index contributed by atoms with van der Waals surface area (Å²) in [5, 5.41) is 20.6. The van der Waals surface area contributed by atoms with Gasteiger partial charge in [-0.25, -0.2) is 4.98 Å². The number of pyridine rings is 1. The van der Waals surface area contributed by atoms with Crippen molar-refractivity contribution in [2.24, 2.45) is 0 Å². The Balaban J connectivity index is 3.43. The zero-order valence-corrected chi connectivity index (χ0v) is 6.21. The minimum absolute atomic E-state index is 0.459.